The van der Waals surface area contributed by atoms with Gasteiger partial charge < -0.3 is 16.2 Å². The highest BCUT2D eigenvalue weighted by Crippen LogP contribution is 2.22. The second kappa shape index (κ2) is 6.60. The molecule has 0 bridgehead atoms. The van der Waals surface area contributed by atoms with Gasteiger partial charge in [-0.25, -0.2) is 14.6 Å². The van der Waals surface area contributed by atoms with Crippen LogP contribution in [0.4, 0.5) is 5.82 Å². The molecule has 1 aromatic carbocycles. The molecule has 4 N–H and O–H groups in total. The van der Waals surface area contributed by atoms with E-state index in [1.807, 2.05) is 32.0 Å². The number of benzene rings is 1. The molecule has 0 fully saturated rings. The van der Waals surface area contributed by atoms with E-state index in [-0.39, 0.29) is 18.0 Å². The maximum atomic E-state index is 12.3. The maximum Gasteiger partial charge on any atom is 0.275 e. The predicted octanol–water partition coefficient (Wildman–Crippen LogP) is 1.50. The quantitative estimate of drug-likeness (QED) is 0.663. The molecule has 0 aliphatic rings. The summed E-state index contributed by atoms with van der Waals surface area (Å²) in [5.74, 6) is -0.416. The molecule has 2 aromatic heterocycles. The average molecular weight is 338 g/mol. The van der Waals surface area contributed by atoms with Gasteiger partial charge in [0, 0.05) is 18.3 Å². The summed E-state index contributed by atoms with van der Waals surface area (Å²) in [4.78, 5) is 20.0. The van der Waals surface area contributed by atoms with Gasteiger partial charge in [0.2, 0.25) is 0 Å². The molecule has 1 amide bonds. The van der Waals surface area contributed by atoms with Crippen LogP contribution in [0.25, 0.3) is 5.69 Å². The first kappa shape index (κ1) is 16.4. The second-order valence-corrected chi connectivity index (χ2v) is 5.64. The normalized spacial score (nSPS) is 10.6. The number of carbonyl (C=O) groups excluding carboxylic acids is 1. The Morgan fingerprint density at radius 2 is 2.16 bits per heavy atom. The molecule has 0 aliphatic heterocycles. The van der Waals surface area contributed by atoms with Crippen LogP contribution < -0.4 is 11.1 Å². The molecule has 0 atom stereocenters. The van der Waals surface area contributed by atoms with Gasteiger partial charge in [-0.05, 0) is 31.0 Å². The Kier molecular flexibility index (Phi) is 4.34. The van der Waals surface area contributed by atoms with E-state index in [0.717, 1.165) is 16.8 Å². The number of aromatic hydroxyl groups is 1. The minimum atomic E-state index is -0.509. The first-order chi connectivity index (χ1) is 12.0. The number of hydrogen-bond acceptors (Lipinski definition) is 6. The predicted molar refractivity (Wildman–Crippen MR) is 92.3 cm³/mol. The van der Waals surface area contributed by atoms with Gasteiger partial charge >= 0.3 is 0 Å². The Morgan fingerprint density at radius 3 is 2.92 bits per heavy atom. The summed E-state index contributed by atoms with van der Waals surface area (Å²) < 4.78 is 1.49. The Balaban J connectivity index is 1.81. The van der Waals surface area contributed by atoms with E-state index in [2.05, 4.69) is 20.4 Å². The van der Waals surface area contributed by atoms with Crippen molar-refractivity contribution >= 4 is 11.7 Å². The van der Waals surface area contributed by atoms with Crippen molar-refractivity contribution in [2.75, 3.05) is 5.73 Å². The third-order valence-electron chi connectivity index (χ3n) is 4.00. The van der Waals surface area contributed by atoms with E-state index in [0.29, 0.717) is 11.4 Å². The molecule has 0 spiro atoms. The molecule has 0 saturated carbocycles. The van der Waals surface area contributed by atoms with Crippen LogP contribution in [0.3, 0.4) is 0 Å². The van der Waals surface area contributed by atoms with Crippen LogP contribution in [0.5, 0.6) is 5.75 Å². The van der Waals surface area contributed by atoms with Gasteiger partial charge in [-0.1, -0.05) is 12.1 Å². The third-order valence-corrected chi connectivity index (χ3v) is 4.00. The highest BCUT2D eigenvalue weighted by molar-refractivity contribution is 5.94. The molecular formula is C17H18N6O2. The number of nitrogen functional groups attached to an aromatic ring is 1. The largest absolute Gasteiger partial charge is 0.504 e. The number of rotatable bonds is 4. The van der Waals surface area contributed by atoms with Crippen LogP contribution in [0, 0.1) is 13.8 Å². The van der Waals surface area contributed by atoms with Crippen molar-refractivity contribution in [1.82, 2.24) is 25.1 Å². The molecule has 2 heterocycles. The smallest absolute Gasteiger partial charge is 0.275 e. The first-order valence-electron chi connectivity index (χ1n) is 7.65. The lowest BCUT2D eigenvalue weighted by atomic mass is 10.1. The summed E-state index contributed by atoms with van der Waals surface area (Å²) in [6.07, 6.45) is 4.27. The van der Waals surface area contributed by atoms with Crippen LogP contribution in [0.15, 0.2) is 36.9 Å². The molecule has 3 aromatic rings. The highest BCUT2D eigenvalue weighted by atomic mass is 16.3. The van der Waals surface area contributed by atoms with Gasteiger partial charge in [0.1, 0.15) is 12.1 Å². The molecule has 8 heteroatoms. The lowest BCUT2D eigenvalue weighted by Gasteiger charge is -2.08. The molecule has 25 heavy (non-hydrogen) atoms. The minimum absolute atomic E-state index is 0.0590. The number of nitrogens with two attached hydrogens (primary N) is 1. The summed E-state index contributed by atoms with van der Waals surface area (Å²) in [5, 5.41) is 16.9. The van der Waals surface area contributed by atoms with E-state index in [9.17, 15) is 9.90 Å². The van der Waals surface area contributed by atoms with Crippen molar-refractivity contribution in [2.24, 2.45) is 0 Å². The van der Waals surface area contributed by atoms with Crippen molar-refractivity contribution in [3.63, 3.8) is 0 Å². The standard InChI is InChI=1S/C17H18N6O2/c1-10-4-3-5-13(11(10)2)23-8-14(24)15(22-23)17(25)20-7-12-6-19-9-21-16(12)18/h3-6,8-9,24H,7H2,1-2H3,(H,20,25)(H2,18,19,21). The monoisotopic (exact) mass is 338 g/mol. The third kappa shape index (κ3) is 3.27. The molecule has 8 nitrogen and oxygen atoms in total. The topological polar surface area (TPSA) is 119 Å². The summed E-state index contributed by atoms with van der Waals surface area (Å²) >= 11 is 0. The lowest BCUT2D eigenvalue weighted by molar-refractivity contribution is 0.0943. The van der Waals surface area contributed by atoms with E-state index >= 15 is 0 Å². The van der Waals surface area contributed by atoms with E-state index in [1.54, 1.807) is 0 Å². The van der Waals surface area contributed by atoms with Crippen molar-refractivity contribution in [3.8, 4) is 11.4 Å². The number of amides is 1. The SMILES string of the molecule is Cc1cccc(-n2cc(O)c(C(=O)NCc3cncnc3N)n2)c1C. The lowest BCUT2D eigenvalue weighted by Crippen LogP contribution is -2.24. The van der Waals surface area contributed by atoms with Gasteiger partial charge in [0.05, 0.1) is 11.9 Å². The Morgan fingerprint density at radius 1 is 1.36 bits per heavy atom. The van der Waals surface area contributed by atoms with Crippen molar-refractivity contribution in [2.45, 2.75) is 20.4 Å². The zero-order chi connectivity index (χ0) is 18.0. The fourth-order valence-electron chi connectivity index (χ4n) is 2.40. The van der Waals surface area contributed by atoms with Crippen LogP contribution in [0.1, 0.15) is 27.2 Å². The zero-order valence-electron chi connectivity index (χ0n) is 13.9. The zero-order valence-corrected chi connectivity index (χ0v) is 13.9. The van der Waals surface area contributed by atoms with Crippen LogP contribution in [-0.4, -0.2) is 30.8 Å². The number of anilines is 1. The van der Waals surface area contributed by atoms with Crippen molar-refractivity contribution < 1.29 is 9.90 Å². The van der Waals surface area contributed by atoms with Gasteiger partial charge in [0.25, 0.3) is 5.91 Å². The Labute approximate surface area is 144 Å². The van der Waals surface area contributed by atoms with Gasteiger partial charge in [-0.15, -0.1) is 0 Å². The van der Waals surface area contributed by atoms with Crippen LogP contribution in [-0.2, 0) is 6.54 Å². The molecule has 0 unspecified atom stereocenters. The van der Waals surface area contributed by atoms with Gasteiger partial charge in [-0.2, -0.15) is 5.10 Å². The van der Waals surface area contributed by atoms with Gasteiger partial charge in [0.15, 0.2) is 11.4 Å². The fraction of sp³-hybridized carbons (Fsp3) is 0.176. The van der Waals surface area contributed by atoms with E-state index in [4.69, 9.17) is 5.73 Å². The molecule has 3 rings (SSSR count). The van der Waals surface area contributed by atoms with E-state index < -0.39 is 5.91 Å². The molecule has 0 radical (unpaired) electrons. The maximum absolute atomic E-state index is 12.3. The number of hydrogen-bond donors (Lipinski definition) is 3. The molecule has 0 aliphatic carbocycles. The Hall–Kier alpha value is -3.42. The first-order valence-corrected chi connectivity index (χ1v) is 7.65. The number of aryl methyl sites for hydroxylation is 1. The number of nitrogens with one attached hydrogen (secondary N) is 1. The summed E-state index contributed by atoms with van der Waals surface area (Å²) in [6, 6.07) is 5.76. The average Bonchev–Trinajstić information content (AvgIpc) is 2.98. The Bertz CT molecular complexity index is 935. The summed E-state index contributed by atoms with van der Waals surface area (Å²) in [7, 11) is 0. The highest BCUT2D eigenvalue weighted by Gasteiger charge is 2.18. The molecule has 128 valence electrons. The van der Waals surface area contributed by atoms with E-state index in [1.165, 1.54) is 23.4 Å². The van der Waals surface area contributed by atoms with Crippen LogP contribution >= 0.6 is 0 Å². The van der Waals surface area contributed by atoms with Crippen molar-refractivity contribution in [1.29, 1.82) is 0 Å². The molecule has 0 saturated heterocycles. The fourth-order valence-corrected chi connectivity index (χ4v) is 2.40. The number of carbonyl (C=O) groups is 1. The van der Waals surface area contributed by atoms with Crippen LogP contribution in [0.2, 0.25) is 0 Å². The number of nitrogens with zero attached hydrogens (tertiary/aromatic N) is 4. The summed E-state index contributed by atoms with van der Waals surface area (Å²) in [6.45, 7) is 4.09. The summed E-state index contributed by atoms with van der Waals surface area (Å²) in [5.41, 5.74) is 9.16. The van der Waals surface area contributed by atoms with Crippen molar-refractivity contribution in [3.05, 3.63) is 59.3 Å². The molecular weight excluding hydrogens is 320 g/mol. The number of aromatic nitrogens is 4. The minimum Gasteiger partial charge on any atom is -0.504 e. The van der Waals surface area contributed by atoms with Gasteiger partial charge in [-0.3, -0.25) is 4.79 Å². The second-order valence-electron chi connectivity index (χ2n) is 5.64.